The van der Waals surface area contributed by atoms with Crippen molar-refractivity contribution in [3.8, 4) is 0 Å². The highest BCUT2D eigenvalue weighted by molar-refractivity contribution is 5.84. The zero-order valence-corrected chi connectivity index (χ0v) is 14.5. The van der Waals surface area contributed by atoms with Gasteiger partial charge in [0, 0.05) is 50.2 Å². The quantitative estimate of drug-likeness (QED) is 0.913. The number of halogens is 1. The first-order valence-corrected chi connectivity index (χ1v) is 8.76. The van der Waals surface area contributed by atoms with Gasteiger partial charge in [-0.3, -0.25) is 9.69 Å². The number of amides is 1. The van der Waals surface area contributed by atoms with Crippen molar-refractivity contribution >= 4 is 16.8 Å². The minimum Gasteiger partial charge on any atom is -0.356 e. The maximum Gasteiger partial charge on any atom is 0.216 e. The highest BCUT2D eigenvalue weighted by atomic mass is 19.1. The Morgan fingerprint density at radius 2 is 2.21 bits per heavy atom. The number of fused-ring (bicyclic) bond motifs is 1. The third-order valence-electron chi connectivity index (χ3n) is 5.01. The van der Waals surface area contributed by atoms with Crippen LogP contribution in [0.3, 0.4) is 0 Å². The predicted octanol–water partition coefficient (Wildman–Crippen LogP) is 3.20. The van der Waals surface area contributed by atoms with Crippen LogP contribution in [0.4, 0.5) is 4.39 Å². The number of hydrogen-bond acceptors (Lipinski definition) is 2. The van der Waals surface area contributed by atoms with Crippen LogP contribution in [0.15, 0.2) is 24.4 Å². The van der Waals surface area contributed by atoms with Crippen LogP contribution in [-0.2, 0) is 18.4 Å². The van der Waals surface area contributed by atoms with Gasteiger partial charge in [0.1, 0.15) is 5.82 Å². The van der Waals surface area contributed by atoms with Crippen molar-refractivity contribution in [1.82, 2.24) is 14.8 Å². The van der Waals surface area contributed by atoms with Crippen molar-refractivity contribution in [2.24, 2.45) is 7.05 Å². The van der Waals surface area contributed by atoms with Crippen LogP contribution in [0, 0.1) is 5.82 Å². The number of aryl methyl sites for hydroxylation is 1. The van der Waals surface area contributed by atoms with Gasteiger partial charge >= 0.3 is 0 Å². The van der Waals surface area contributed by atoms with Gasteiger partial charge in [0.15, 0.2) is 0 Å². The van der Waals surface area contributed by atoms with Crippen LogP contribution in [0.5, 0.6) is 0 Å². The molecule has 0 bridgehead atoms. The summed E-state index contributed by atoms with van der Waals surface area (Å²) in [6.45, 7) is 4.19. The van der Waals surface area contributed by atoms with Crippen LogP contribution in [0.25, 0.3) is 10.9 Å². The molecule has 0 radical (unpaired) electrons. The molecular formula is C19H26FN3O. The van der Waals surface area contributed by atoms with Gasteiger partial charge in [0.25, 0.3) is 0 Å². The number of piperidine rings is 1. The molecule has 3 rings (SSSR count). The van der Waals surface area contributed by atoms with E-state index in [9.17, 15) is 9.18 Å². The van der Waals surface area contributed by atoms with Gasteiger partial charge in [0.05, 0.1) is 0 Å². The Morgan fingerprint density at radius 1 is 1.38 bits per heavy atom. The van der Waals surface area contributed by atoms with Crippen molar-refractivity contribution < 1.29 is 9.18 Å². The fourth-order valence-corrected chi connectivity index (χ4v) is 3.80. The van der Waals surface area contributed by atoms with Gasteiger partial charge in [-0.1, -0.05) is 6.42 Å². The predicted molar refractivity (Wildman–Crippen MR) is 94.2 cm³/mol. The minimum atomic E-state index is -0.184. The Morgan fingerprint density at radius 3 is 3.00 bits per heavy atom. The van der Waals surface area contributed by atoms with E-state index in [4.69, 9.17) is 0 Å². The average molecular weight is 331 g/mol. The first kappa shape index (κ1) is 17.0. The number of rotatable bonds is 5. The molecule has 4 nitrogen and oxygen atoms in total. The third-order valence-corrected chi connectivity index (χ3v) is 5.01. The molecule has 1 amide bonds. The van der Waals surface area contributed by atoms with Crippen LogP contribution in [0.1, 0.15) is 38.2 Å². The maximum atomic E-state index is 13.7. The average Bonchev–Trinajstić information content (AvgIpc) is 2.84. The lowest BCUT2D eigenvalue weighted by Crippen LogP contribution is -2.41. The second kappa shape index (κ2) is 7.34. The summed E-state index contributed by atoms with van der Waals surface area (Å²) in [7, 11) is 2.01. The highest BCUT2D eigenvalue weighted by Gasteiger charge is 2.23. The molecule has 0 saturated carbocycles. The normalized spacial score (nSPS) is 18.9. The minimum absolute atomic E-state index is 0.0295. The zero-order valence-electron chi connectivity index (χ0n) is 14.5. The number of carbonyl (C=O) groups excluding carboxylic acids is 1. The van der Waals surface area contributed by atoms with Crippen molar-refractivity contribution in [1.29, 1.82) is 0 Å². The molecule has 0 spiro atoms. The molecule has 2 heterocycles. The van der Waals surface area contributed by atoms with Crippen molar-refractivity contribution in [2.75, 3.05) is 13.1 Å². The van der Waals surface area contributed by atoms with Gasteiger partial charge in [-0.05, 0) is 49.6 Å². The molecule has 1 unspecified atom stereocenters. The Balaban J connectivity index is 1.75. The molecule has 1 aromatic heterocycles. The lowest BCUT2D eigenvalue weighted by Gasteiger charge is -2.35. The standard InChI is InChI=1S/C19H26FN3O/c1-14(24)21-9-8-17-5-3-4-10-23(17)13-15-12-22(2)19-7-6-16(20)11-18(15)19/h6-7,11-12,17H,3-5,8-10,13H2,1-2H3,(H,21,24). The van der Waals surface area contributed by atoms with Crippen LogP contribution in [-0.4, -0.2) is 34.5 Å². The smallest absolute Gasteiger partial charge is 0.216 e. The zero-order chi connectivity index (χ0) is 17.1. The summed E-state index contributed by atoms with van der Waals surface area (Å²) in [5.41, 5.74) is 2.25. The Kier molecular flexibility index (Phi) is 5.19. The third kappa shape index (κ3) is 3.78. The number of nitrogens with zero attached hydrogens (tertiary/aromatic N) is 2. The second-order valence-corrected chi connectivity index (χ2v) is 6.82. The van der Waals surface area contributed by atoms with E-state index in [1.165, 1.54) is 30.9 Å². The Hall–Kier alpha value is -1.88. The molecule has 0 aliphatic carbocycles. The summed E-state index contributed by atoms with van der Waals surface area (Å²) in [5.74, 6) is -0.155. The van der Waals surface area contributed by atoms with Crippen LogP contribution >= 0.6 is 0 Å². The van der Waals surface area contributed by atoms with Gasteiger partial charge in [-0.15, -0.1) is 0 Å². The Bertz CT molecular complexity index is 725. The SMILES string of the molecule is CC(=O)NCCC1CCCCN1Cc1cn(C)c2ccc(F)cc12. The molecule has 130 valence electrons. The molecule has 24 heavy (non-hydrogen) atoms. The molecule has 1 aromatic carbocycles. The lowest BCUT2D eigenvalue weighted by molar-refractivity contribution is -0.119. The number of aromatic nitrogens is 1. The lowest BCUT2D eigenvalue weighted by atomic mass is 9.98. The summed E-state index contributed by atoms with van der Waals surface area (Å²) in [5, 5.41) is 3.90. The number of carbonyl (C=O) groups is 1. The summed E-state index contributed by atoms with van der Waals surface area (Å²) >= 11 is 0. The first-order chi connectivity index (χ1) is 11.5. The molecule has 1 saturated heterocycles. The van der Waals surface area contributed by atoms with Gasteiger partial charge < -0.3 is 9.88 Å². The van der Waals surface area contributed by atoms with E-state index >= 15 is 0 Å². The molecule has 5 heteroatoms. The summed E-state index contributed by atoms with van der Waals surface area (Å²) in [6.07, 6.45) is 6.70. The number of hydrogen-bond donors (Lipinski definition) is 1. The van der Waals surface area contributed by atoms with Gasteiger partial charge in [-0.25, -0.2) is 4.39 Å². The summed E-state index contributed by atoms with van der Waals surface area (Å²) in [4.78, 5) is 13.6. The van der Waals surface area contributed by atoms with E-state index in [1.54, 1.807) is 13.0 Å². The number of likely N-dealkylation sites (tertiary alicyclic amines) is 1. The summed E-state index contributed by atoms with van der Waals surface area (Å²) < 4.78 is 15.7. The van der Waals surface area contributed by atoms with Crippen molar-refractivity contribution in [3.63, 3.8) is 0 Å². The molecule has 1 atom stereocenters. The van der Waals surface area contributed by atoms with E-state index in [0.29, 0.717) is 6.04 Å². The van der Waals surface area contributed by atoms with E-state index in [-0.39, 0.29) is 11.7 Å². The molecule has 1 aliphatic heterocycles. The monoisotopic (exact) mass is 331 g/mol. The van der Waals surface area contributed by atoms with Crippen molar-refractivity contribution in [2.45, 2.75) is 45.2 Å². The molecule has 1 fully saturated rings. The van der Waals surface area contributed by atoms with Gasteiger partial charge in [0.2, 0.25) is 5.91 Å². The molecule has 1 N–H and O–H groups in total. The topological polar surface area (TPSA) is 37.3 Å². The van der Waals surface area contributed by atoms with Crippen LogP contribution in [0.2, 0.25) is 0 Å². The first-order valence-electron chi connectivity index (χ1n) is 8.76. The second-order valence-electron chi connectivity index (χ2n) is 6.82. The van der Waals surface area contributed by atoms with Crippen molar-refractivity contribution in [3.05, 3.63) is 35.8 Å². The van der Waals surface area contributed by atoms with E-state index in [1.807, 2.05) is 13.1 Å². The van der Waals surface area contributed by atoms with E-state index in [2.05, 4.69) is 21.0 Å². The van der Waals surface area contributed by atoms with Crippen LogP contribution < -0.4 is 5.32 Å². The Labute approximate surface area is 142 Å². The molecular weight excluding hydrogens is 305 g/mol. The fraction of sp³-hybridized carbons (Fsp3) is 0.526. The number of benzene rings is 1. The molecule has 2 aromatic rings. The maximum absolute atomic E-state index is 13.7. The number of nitrogens with one attached hydrogen (secondary N) is 1. The highest BCUT2D eigenvalue weighted by Crippen LogP contribution is 2.27. The van der Waals surface area contributed by atoms with Gasteiger partial charge in [-0.2, -0.15) is 0 Å². The largest absolute Gasteiger partial charge is 0.356 e. The molecule has 1 aliphatic rings. The fourth-order valence-electron chi connectivity index (χ4n) is 3.80. The summed E-state index contributed by atoms with van der Waals surface area (Å²) in [6, 6.07) is 5.48. The van der Waals surface area contributed by atoms with E-state index < -0.39 is 0 Å². The van der Waals surface area contributed by atoms with E-state index in [0.717, 1.165) is 37.0 Å².